The van der Waals surface area contributed by atoms with Crippen LogP contribution in [0.3, 0.4) is 0 Å². The van der Waals surface area contributed by atoms with Crippen LogP contribution >= 0.6 is 0 Å². The molecule has 0 radical (unpaired) electrons. The monoisotopic (exact) mass is 411 g/mol. The van der Waals surface area contributed by atoms with Crippen molar-refractivity contribution in [2.24, 2.45) is 5.41 Å². The second-order valence-electron chi connectivity index (χ2n) is 8.17. The van der Waals surface area contributed by atoms with Gasteiger partial charge in [-0.15, -0.1) is 0 Å². The first kappa shape index (κ1) is 21.1. The number of anilines is 1. The van der Waals surface area contributed by atoms with E-state index in [0.29, 0.717) is 31.9 Å². The minimum Gasteiger partial charge on any atom is -0.368 e. The standard InChI is InChI=1S/C20H24F3N3O3/c1-13(26-16(27)12-19(2,3)18(26)29)17(28)25-9-7-24(8-10-25)15-6-4-5-14(11-15)20(21,22)23/h4-6,11,13H,7-10,12H2,1-3H3. The van der Waals surface area contributed by atoms with E-state index in [-0.39, 0.29) is 24.1 Å². The molecule has 3 amide bonds. The van der Waals surface area contributed by atoms with Crippen LogP contribution in [0, 0.1) is 5.41 Å². The third-order valence-corrected chi connectivity index (χ3v) is 5.53. The van der Waals surface area contributed by atoms with Gasteiger partial charge in [0, 0.05) is 38.3 Å². The molecule has 2 aliphatic rings. The Bertz CT molecular complexity index is 830. The second-order valence-corrected chi connectivity index (χ2v) is 8.17. The summed E-state index contributed by atoms with van der Waals surface area (Å²) in [6.07, 6.45) is -4.33. The van der Waals surface area contributed by atoms with Gasteiger partial charge in [0.25, 0.3) is 0 Å². The zero-order valence-electron chi connectivity index (χ0n) is 16.6. The van der Waals surface area contributed by atoms with Crippen molar-refractivity contribution in [1.82, 2.24) is 9.80 Å². The minimum atomic E-state index is -4.41. The molecule has 6 nitrogen and oxygen atoms in total. The summed E-state index contributed by atoms with van der Waals surface area (Å²) in [6.45, 7) is 6.24. The Morgan fingerprint density at radius 1 is 1.10 bits per heavy atom. The lowest BCUT2D eigenvalue weighted by molar-refractivity contribution is -0.151. The van der Waals surface area contributed by atoms with E-state index in [1.165, 1.54) is 6.07 Å². The number of piperazine rings is 1. The van der Waals surface area contributed by atoms with E-state index < -0.39 is 23.2 Å². The van der Waals surface area contributed by atoms with Gasteiger partial charge < -0.3 is 9.80 Å². The highest BCUT2D eigenvalue weighted by Gasteiger charge is 2.48. The number of benzene rings is 1. The molecule has 0 aliphatic carbocycles. The van der Waals surface area contributed by atoms with Crippen molar-refractivity contribution in [2.45, 2.75) is 39.4 Å². The van der Waals surface area contributed by atoms with Crippen molar-refractivity contribution >= 4 is 23.4 Å². The van der Waals surface area contributed by atoms with Gasteiger partial charge in [-0.2, -0.15) is 13.2 Å². The summed E-state index contributed by atoms with van der Waals surface area (Å²) >= 11 is 0. The summed E-state index contributed by atoms with van der Waals surface area (Å²) in [5, 5.41) is 0. The van der Waals surface area contributed by atoms with Crippen molar-refractivity contribution in [3.63, 3.8) is 0 Å². The van der Waals surface area contributed by atoms with Crippen molar-refractivity contribution in [1.29, 1.82) is 0 Å². The number of carbonyl (C=O) groups excluding carboxylic acids is 3. The molecule has 0 saturated carbocycles. The van der Waals surface area contributed by atoms with Crippen LogP contribution in [-0.2, 0) is 20.6 Å². The largest absolute Gasteiger partial charge is 0.416 e. The Hall–Kier alpha value is -2.58. The summed E-state index contributed by atoms with van der Waals surface area (Å²) < 4.78 is 38.8. The Labute approximate surface area is 167 Å². The molecule has 158 valence electrons. The first-order valence-corrected chi connectivity index (χ1v) is 9.49. The number of hydrogen-bond donors (Lipinski definition) is 0. The van der Waals surface area contributed by atoms with Gasteiger partial charge in [-0.05, 0) is 25.1 Å². The van der Waals surface area contributed by atoms with Gasteiger partial charge in [-0.25, -0.2) is 0 Å². The fraction of sp³-hybridized carbons (Fsp3) is 0.550. The number of imide groups is 1. The molecule has 1 aromatic rings. The lowest BCUT2D eigenvalue weighted by atomic mass is 9.92. The molecule has 2 heterocycles. The third-order valence-electron chi connectivity index (χ3n) is 5.53. The van der Waals surface area contributed by atoms with Crippen LogP contribution in [0.1, 0.15) is 32.8 Å². The molecule has 1 unspecified atom stereocenters. The van der Waals surface area contributed by atoms with E-state index in [1.807, 2.05) is 0 Å². The van der Waals surface area contributed by atoms with Crippen molar-refractivity contribution in [2.75, 3.05) is 31.1 Å². The molecule has 0 spiro atoms. The van der Waals surface area contributed by atoms with Gasteiger partial charge >= 0.3 is 6.18 Å². The van der Waals surface area contributed by atoms with Crippen LogP contribution in [0.25, 0.3) is 0 Å². The SMILES string of the molecule is CC(C(=O)N1CCN(c2cccc(C(F)(F)F)c2)CC1)N1C(=O)CC(C)(C)C1=O. The molecule has 3 rings (SSSR count). The summed E-state index contributed by atoms with van der Waals surface area (Å²) in [4.78, 5) is 41.9. The van der Waals surface area contributed by atoms with Crippen LogP contribution in [0.2, 0.25) is 0 Å². The summed E-state index contributed by atoms with van der Waals surface area (Å²) in [5.41, 5.74) is -1.07. The maximum atomic E-state index is 12.9. The first-order valence-electron chi connectivity index (χ1n) is 9.49. The molecule has 0 aromatic heterocycles. The van der Waals surface area contributed by atoms with Crippen LogP contribution < -0.4 is 4.90 Å². The maximum Gasteiger partial charge on any atom is 0.416 e. The maximum absolute atomic E-state index is 12.9. The van der Waals surface area contributed by atoms with E-state index in [1.54, 1.807) is 36.6 Å². The summed E-state index contributed by atoms with van der Waals surface area (Å²) in [7, 11) is 0. The van der Waals surface area contributed by atoms with Crippen molar-refractivity contribution in [3.8, 4) is 0 Å². The van der Waals surface area contributed by atoms with Gasteiger partial charge in [0.15, 0.2) is 0 Å². The Kier molecular flexibility index (Phi) is 5.36. The zero-order valence-corrected chi connectivity index (χ0v) is 16.6. The molecule has 0 N–H and O–H groups in total. The molecule has 0 bridgehead atoms. The van der Waals surface area contributed by atoms with Gasteiger partial charge in [0.1, 0.15) is 6.04 Å². The molecule has 1 atom stereocenters. The average Bonchev–Trinajstić information content (AvgIpc) is 2.87. The Morgan fingerprint density at radius 3 is 2.24 bits per heavy atom. The minimum absolute atomic E-state index is 0.0762. The van der Waals surface area contributed by atoms with Gasteiger partial charge in [0.2, 0.25) is 17.7 Å². The molecular weight excluding hydrogens is 387 g/mol. The normalized spacial score (nSPS) is 21.0. The van der Waals surface area contributed by atoms with Crippen LogP contribution in [0.4, 0.5) is 18.9 Å². The van der Waals surface area contributed by atoms with E-state index in [9.17, 15) is 27.6 Å². The molecule has 29 heavy (non-hydrogen) atoms. The van der Waals surface area contributed by atoms with E-state index in [0.717, 1.165) is 17.0 Å². The highest BCUT2D eigenvalue weighted by molar-refractivity contribution is 6.08. The van der Waals surface area contributed by atoms with Crippen molar-refractivity contribution < 1.29 is 27.6 Å². The average molecular weight is 411 g/mol. The van der Waals surface area contributed by atoms with E-state index >= 15 is 0 Å². The molecular formula is C20H24F3N3O3. The van der Waals surface area contributed by atoms with Gasteiger partial charge in [0.05, 0.1) is 11.0 Å². The molecule has 2 aliphatic heterocycles. The first-order chi connectivity index (χ1) is 13.4. The number of hydrogen-bond acceptors (Lipinski definition) is 4. The van der Waals surface area contributed by atoms with Crippen LogP contribution in [-0.4, -0.2) is 59.7 Å². The highest BCUT2D eigenvalue weighted by atomic mass is 19.4. The Morgan fingerprint density at radius 2 is 1.72 bits per heavy atom. The molecule has 2 fully saturated rings. The van der Waals surface area contributed by atoms with Gasteiger partial charge in [-0.3, -0.25) is 19.3 Å². The van der Waals surface area contributed by atoms with Crippen LogP contribution in [0.5, 0.6) is 0 Å². The summed E-state index contributed by atoms with van der Waals surface area (Å²) in [6, 6.07) is 4.21. The zero-order chi connectivity index (χ0) is 21.6. The van der Waals surface area contributed by atoms with Crippen molar-refractivity contribution in [3.05, 3.63) is 29.8 Å². The number of rotatable bonds is 3. The number of halogens is 3. The number of likely N-dealkylation sites (tertiary alicyclic amines) is 1. The second kappa shape index (κ2) is 7.35. The predicted octanol–water partition coefficient (Wildman–Crippen LogP) is 2.53. The van der Waals surface area contributed by atoms with E-state index in [4.69, 9.17) is 0 Å². The fourth-order valence-corrected chi connectivity index (χ4v) is 3.81. The quantitative estimate of drug-likeness (QED) is 0.718. The molecule has 1 aromatic carbocycles. The van der Waals surface area contributed by atoms with Gasteiger partial charge in [-0.1, -0.05) is 19.9 Å². The van der Waals surface area contributed by atoms with E-state index in [2.05, 4.69) is 0 Å². The number of alkyl halides is 3. The fourth-order valence-electron chi connectivity index (χ4n) is 3.81. The molecule has 9 heteroatoms. The highest BCUT2D eigenvalue weighted by Crippen LogP contribution is 2.34. The number of carbonyl (C=O) groups is 3. The predicted molar refractivity (Wildman–Crippen MR) is 100.0 cm³/mol. The third kappa shape index (κ3) is 4.09. The molecule has 2 saturated heterocycles. The smallest absolute Gasteiger partial charge is 0.368 e. The lowest BCUT2D eigenvalue weighted by Crippen LogP contribution is -2.55. The summed E-state index contributed by atoms with van der Waals surface area (Å²) in [5.74, 6) is -1.04. The Balaban J connectivity index is 1.64. The van der Waals surface area contributed by atoms with Crippen LogP contribution in [0.15, 0.2) is 24.3 Å². The lowest BCUT2D eigenvalue weighted by Gasteiger charge is -2.38. The number of nitrogens with zero attached hydrogens (tertiary/aromatic N) is 3. The number of amides is 3. The topological polar surface area (TPSA) is 60.9 Å².